The average Bonchev–Trinajstić information content (AvgIpc) is 2.18. The lowest BCUT2D eigenvalue weighted by molar-refractivity contribution is -0.109. The number of thioether (sulfide) groups is 1. The molecule has 4 heteroatoms. The van der Waals surface area contributed by atoms with Gasteiger partial charge in [0, 0.05) is 25.1 Å². The van der Waals surface area contributed by atoms with Crippen molar-refractivity contribution in [3.8, 4) is 0 Å². The van der Waals surface area contributed by atoms with Crippen LogP contribution in [0.5, 0.6) is 0 Å². The Hall–Kier alpha value is -1.16. The lowest BCUT2D eigenvalue weighted by Gasteiger charge is -1.91. The average molecular weight is 208 g/mol. The van der Waals surface area contributed by atoms with E-state index in [-0.39, 0.29) is 5.12 Å². The number of hydrogen-bond acceptors (Lipinski definition) is 4. The largest absolute Gasteiger partial charge is 0.288 e. The second-order valence-electron chi connectivity index (χ2n) is 2.64. The van der Waals surface area contributed by atoms with Crippen molar-refractivity contribution in [3.05, 3.63) is 30.4 Å². The summed E-state index contributed by atoms with van der Waals surface area (Å²) in [7, 11) is 0. The molecule has 0 amide bonds. The van der Waals surface area contributed by atoms with E-state index in [2.05, 4.69) is 9.97 Å². The first kappa shape index (κ1) is 10.9. The number of aromatic nitrogens is 2. The Kier molecular flexibility index (Phi) is 4.93. The SMILES string of the molecule is CC(=O)SCCC=Cc1ncccn1. The molecule has 3 nitrogen and oxygen atoms in total. The van der Waals surface area contributed by atoms with Gasteiger partial charge in [-0.15, -0.1) is 0 Å². The fourth-order valence-corrected chi connectivity index (χ4v) is 1.40. The summed E-state index contributed by atoms with van der Waals surface area (Å²) in [4.78, 5) is 18.7. The van der Waals surface area contributed by atoms with Gasteiger partial charge in [-0.05, 0) is 18.6 Å². The number of carbonyl (C=O) groups excluding carboxylic acids is 1. The molecular weight excluding hydrogens is 196 g/mol. The summed E-state index contributed by atoms with van der Waals surface area (Å²) in [6.07, 6.45) is 8.11. The highest BCUT2D eigenvalue weighted by atomic mass is 32.2. The van der Waals surface area contributed by atoms with Gasteiger partial charge in [-0.25, -0.2) is 9.97 Å². The summed E-state index contributed by atoms with van der Waals surface area (Å²) in [5, 5.41) is 0.161. The highest BCUT2D eigenvalue weighted by molar-refractivity contribution is 8.13. The van der Waals surface area contributed by atoms with Crippen LogP contribution in [0.3, 0.4) is 0 Å². The van der Waals surface area contributed by atoms with E-state index < -0.39 is 0 Å². The van der Waals surface area contributed by atoms with Crippen molar-refractivity contribution in [2.75, 3.05) is 5.75 Å². The van der Waals surface area contributed by atoms with Crippen LogP contribution < -0.4 is 0 Å². The van der Waals surface area contributed by atoms with E-state index in [1.54, 1.807) is 25.4 Å². The third kappa shape index (κ3) is 4.77. The van der Waals surface area contributed by atoms with Gasteiger partial charge < -0.3 is 0 Å². The quantitative estimate of drug-likeness (QED) is 0.711. The lowest BCUT2D eigenvalue weighted by Crippen LogP contribution is -1.85. The summed E-state index contributed by atoms with van der Waals surface area (Å²) in [5.74, 6) is 1.53. The first-order chi connectivity index (χ1) is 6.79. The summed E-state index contributed by atoms with van der Waals surface area (Å²) in [6.45, 7) is 1.58. The van der Waals surface area contributed by atoms with Crippen LogP contribution in [-0.4, -0.2) is 20.8 Å². The highest BCUT2D eigenvalue weighted by Crippen LogP contribution is 2.04. The Balaban J connectivity index is 2.25. The normalized spacial score (nSPS) is 10.6. The van der Waals surface area contributed by atoms with Crippen LogP contribution in [0, 0.1) is 0 Å². The summed E-state index contributed by atoms with van der Waals surface area (Å²) in [6, 6.07) is 1.78. The van der Waals surface area contributed by atoms with Crippen molar-refractivity contribution in [2.24, 2.45) is 0 Å². The minimum absolute atomic E-state index is 0.161. The maximum Gasteiger partial charge on any atom is 0.185 e. The van der Waals surface area contributed by atoms with Gasteiger partial charge in [-0.3, -0.25) is 4.79 Å². The second-order valence-corrected chi connectivity index (χ2v) is 3.91. The lowest BCUT2D eigenvalue weighted by atomic mass is 10.4. The van der Waals surface area contributed by atoms with Gasteiger partial charge in [0.2, 0.25) is 0 Å². The Morgan fingerprint density at radius 1 is 1.50 bits per heavy atom. The zero-order chi connectivity index (χ0) is 10.2. The third-order valence-electron chi connectivity index (χ3n) is 1.44. The molecule has 0 saturated carbocycles. The molecule has 0 bridgehead atoms. The summed E-state index contributed by atoms with van der Waals surface area (Å²) in [5.41, 5.74) is 0. The molecule has 0 spiro atoms. The van der Waals surface area contributed by atoms with E-state index in [0.717, 1.165) is 12.2 Å². The Labute approximate surface area is 87.7 Å². The number of rotatable bonds is 4. The van der Waals surface area contributed by atoms with Crippen LogP contribution in [0.2, 0.25) is 0 Å². The van der Waals surface area contributed by atoms with E-state index in [4.69, 9.17) is 0 Å². The van der Waals surface area contributed by atoms with E-state index in [0.29, 0.717) is 5.82 Å². The molecule has 74 valence electrons. The molecule has 0 aliphatic carbocycles. The topological polar surface area (TPSA) is 42.9 Å². The van der Waals surface area contributed by atoms with Gasteiger partial charge >= 0.3 is 0 Å². The molecule has 14 heavy (non-hydrogen) atoms. The Morgan fingerprint density at radius 3 is 2.86 bits per heavy atom. The van der Waals surface area contributed by atoms with Gasteiger partial charge in [0.1, 0.15) is 0 Å². The van der Waals surface area contributed by atoms with Crippen LogP contribution in [0.1, 0.15) is 19.2 Å². The molecule has 0 N–H and O–H groups in total. The predicted octanol–water partition coefficient (Wildman–Crippen LogP) is 2.16. The minimum atomic E-state index is 0.161. The highest BCUT2D eigenvalue weighted by Gasteiger charge is 1.91. The molecule has 0 aliphatic rings. The van der Waals surface area contributed by atoms with Crippen LogP contribution in [0.15, 0.2) is 24.5 Å². The zero-order valence-corrected chi connectivity index (χ0v) is 8.83. The molecule has 0 unspecified atom stereocenters. The maximum absolute atomic E-state index is 10.6. The standard InChI is InChI=1S/C10H12N2OS/c1-9(13)14-8-3-2-5-10-11-6-4-7-12-10/h2,4-7H,3,8H2,1H3. The molecule has 1 aromatic heterocycles. The molecule has 0 aliphatic heterocycles. The van der Waals surface area contributed by atoms with Crippen molar-refractivity contribution in [1.29, 1.82) is 0 Å². The molecular formula is C10H12N2OS. The fourth-order valence-electron chi connectivity index (χ4n) is 0.856. The second kappa shape index (κ2) is 6.32. The smallest absolute Gasteiger partial charge is 0.185 e. The van der Waals surface area contributed by atoms with Crippen molar-refractivity contribution >= 4 is 23.0 Å². The third-order valence-corrected chi connectivity index (χ3v) is 2.29. The van der Waals surface area contributed by atoms with Crippen molar-refractivity contribution < 1.29 is 4.79 Å². The van der Waals surface area contributed by atoms with Crippen molar-refractivity contribution in [3.63, 3.8) is 0 Å². The van der Waals surface area contributed by atoms with Gasteiger partial charge in [-0.1, -0.05) is 17.8 Å². The first-order valence-corrected chi connectivity index (χ1v) is 5.34. The van der Waals surface area contributed by atoms with E-state index in [1.165, 1.54) is 11.8 Å². The Morgan fingerprint density at radius 2 is 2.21 bits per heavy atom. The monoisotopic (exact) mass is 208 g/mol. The molecule has 0 fully saturated rings. The molecule has 0 radical (unpaired) electrons. The van der Waals surface area contributed by atoms with E-state index in [1.807, 2.05) is 12.2 Å². The number of allylic oxidation sites excluding steroid dienone is 1. The number of hydrogen-bond donors (Lipinski definition) is 0. The fraction of sp³-hybridized carbons (Fsp3) is 0.300. The van der Waals surface area contributed by atoms with E-state index in [9.17, 15) is 4.79 Å². The first-order valence-electron chi connectivity index (χ1n) is 4.36. The number of carbonyl (C=O) groups is 1. The molecule has 1 rings (SSSR count). The molecule has 1 aromatic rings. The van der Waals surface area contributed by atoms with Crippen LogP contribution in [0.25, 0.3) is 6.08 Å². The molecule has 1 heterocycles. The minimum Gasteiger partial charge on any atom is -0.288 e. The molecule has 0 saturated heterocycles. The molecule has 0 atom stereocenters. The zero-order valence-electron chi connectivity index (χ0n) is 8.01. The van der Waals surface area contributed by atoms with Gasteiger partial charge in [0.15, 0.2) is 10.9 Å². The molecule has 0 aromatic carbocycles. The summed E-state index contributed by atoms with van der Waals surface area (Å²) >= 11 is 1.34. The van der Waals surface area contributed by atoms with Crippen LogP contribution >= 0.6 is 11.8 Å². The van der Waals surface area contributed by atoms with Crippen LogP contribution in [-0.2, 0) is 4.79 Å². The maximum atomic E-state index is 10.6. The van der Waals surface area contributed by atoms with Gasteiger partial charge in [0.25, 0.3) is 0 Å². The Bertz CT molecular complexity index is 311. The van der Waals surface area contributed by atoms with Crippen molar-refractivity contribution in [1.82, 2.24) is 9.97 Å². The van der Waals surface area contributed by atoms with E-state index >= 15 is 0 Å². The number of nitrogens with zero attached hydrogens (tertiary/aromatic N) is 2. The van der Waals surface area contributed by atoms with Gasteiger partial charge in [-0.2, -0.15) is 0 Å². The summed E-state index contributed by atoms with van der Waals surface area (Å²) < 4.78 is 0. The predicted molar refractivity (Wildman–Crippen MR) is 58.8 cm³/mol. The van der Waals surface area contributed by atoms with Crippen LogP contribution in [0.4, 0.5) is 0 Å². The van der Waals surface area contributed by atoms with Crippen molar-refractivity contribution in [2.45, 2.75) is 13.3 Å². The van der Waals surface area contributed by atoms with Gasteiger partial charge in [0.05, 0.1) is 0 Å².